The molecule has 0 aliphatic carbocycles. The summed E-state index contributed by atoms with van der Waals surface area (Å²) in [5.41, 5.74) is 1.36. The first-order chi connectivity index (χ1) is 12.4. The average Bonchev–Trinajstić information content (AvgIpc) is 2.67. The molecular weight excluding hydrogens is 352 g/mol. The fourth-order valence-electron chi connectivity index (χ4n) is 2.52. The highest BCUT2D eigenvalue weighted by Gasteiger charge is 2.21. The fraction of sp³-hybridized carbons (Fsp3) is 0.316. The molecule has 0 aliphatic heterocycles. The molecule has 1 N–H and O–H groups in total. The number of hydrogen-bond acceptors (Lipinski definition) is 4. The van der Waals surface area contributed by atoms with E-state index in [2.05, 4.69) is 5.32 Å². The van der Waals surface area contributed by atoms with Crippen LogP contribution >= 0.6 is 0 Å². The highest BCUT2D eigenvalue weighted by atomic mass is 32.2. The van der Waals surface area contributed by atoms with Crippen molar-refractivity contribution >= 4 is 15.9 Å². The molecule has 7 heteroatoms. The van der Waals surface area contributed by atoms with E-state index in [1.807, 2.05) is 13.8 Å². The van der Waals surface area contributed by atoms with Crippen molar-refractivity contribution in [1.82, 2.24) is 9.62 Å². The zero-order chi connectivity index (χ0) is 19.2. The quantitative estimate of drug-likeness (QED) is 0.768. The third-order valence-electron chi connectivity index (χ3n) is 4.07. The molecule has 2 aromatic carbocycles. The maximum Gasteiger partial charge on any atom is 0.251 e. The number of carbonyl (C=O) groups excluding carboxylic acids is 1. The van der Waals surface area contributed by atoms with E-state index in [-0.39, 0.29) is 10.8 Å². The van der Waals surface area contributed by atoms with Crippen LogP contribution in [-0.2, 0) is 16.6 Å². The van der Waals surface area contributed by atoms with Gasteiger partial charge < -0.3 is 10.1 Å². The second kappa shape index (κ2) is 8.82. The lowest BCUT2D eigenvalue weighted by atomic mass is 10.2. The summed E-state index contributed by atoms with van der Waals surface area (Å²) >= 11 is 0. The molecule has 0 unspecified atom stereocenters. The van der Waals surface area contributed by atoms with Crippen molar-refractivity contribution in [2.75, 3.05) is 20.2 Å². The molecule has 0 atom stereocenters. The molecule has 6 nitrogen and oxygen atoms in total. The average molecular weight is 376 g/mol. The van der Waals surface area contributed by atoms with Gasteiger partial charge in [-0.1, -0.05) is 26.0 Å². The minimum Gasteiger partial charge on any atom is -0.497 e. The van der Waals surface area contributed by atoms with Gasteiger partial charge in [-0.2, -0.15) is 4.31 Å². The largest absolute Gasteiger partial charge is 0.497 e. The number of hydrogen-bond donors (Lipinski definition) is 1. The number of nitrogens with zero attached hydrogens (tertiary/aromatic N) is 1. The van der Waals surface area contributed by atoms with Gasteiger partial charge in [0.25, 0.3) is 5.91 Å². The lowest BCUT2D eigenvalue weighted by molar-refractivity contribution is 0.0951. The molecule has 0 heterocycles. The van der Waals surface area contributed by atoms with Gasteiger partial charge >= 0.3 is 0 Å². The van der Waals surface area contributed by atoms with Crippen LogP contribution < -0.4 is 10.1 Å². The maximum absolute atomic E-state index is 12.5. The van der Waals surface area contributed by atoms with Crippen LogP contribution in [-0.4, -0.2) is 38.8 Å². The predicted octanol–water partition coefficient (Wildman–Crippen LogP) is 2.66. The Morgan fingerprint density at radius 3 is 2.08 bits per heavy atom. The zero-order valence-corrected chi connectivity index (χ0v) is 16.0. The molecule has 26 heavy (non-hydrogen) atoms. The normalized spacial score (nSPS) is 11.4. The molecule has 2 rings (SSSR count). The Morgan fingerprint density at radius 2 is 1.58 bits per heavy atom. The molecular formula is C19H24N2O4S. The van der Waals surface area contributed by atoms with Gasteiger partial charge in [0.2, 0.25) is 10.0 Å². The Labute approximate surface area is 154 Å². The van der Waals surface area contributed by atoms with Crippen LogP contribution in [0.2, 0.25) is 0 Å². The molecule has 0 spiro atoms. The number of carbonyl (C=O) groups is 1. The van der Waals surface area contributed by atoms with Crippen molar-refractivity contribution in [1.29, 1.82) is 0 Å². The summed E-state index contributed by atoms with van der Waals surface area (Å²) in [6.07, 6.45) is 0. The van der Waals surface area contributed by atoms with Crippen molar-refractivity contribution in [2.24, 2.45) is 0 Å². The second-order valence-electron chi connectivity index (χ2n) is 5.64. The summed E-state index contributed by atoms with van der Waals surface area (Å²) < 4.78 is 31.4. The Bertz CT molecular complexity index is 827. The fourth-order valence-corrected chi connectivity index (χ4v) is 3.98. The van der Waals surface area contributed by atoms with Crippen molar-refractivity contribution < 1.29 is 17.9 Å². The molecule has 2 aromatic rings. The van der Waals surface area contributed by atoms with Gasteiger partial charge in [0, 0.05) is 25.2 Å². The third kappa shape index (κ3) is 4.62. The minimum atomic E-state index is -3.46. The number of rotatable bonds is 8. The first-order valence-electron chi connectivity index (χ1n) is 8.43. The van der Waals surface area contributed by atoms with Crippen LogP contribution in [0.4, 0.5) is 0 Å². The summed E-state index contributed by atoms with van der Waals surface area (Å²) in [6, 6.07) is 13.4. The standard InChI is InChI=1S/C19H24N2O4S/c1-4-21(5-2)26(23,24)18-12-6-15(7-13-18)14-20-19(22)16-8-10-17(25-3)11-9-16/h6-13H,4-5,14H2,1-3H3,(H,20,22). The Morgan fingerprint density at radius 1 is 1.00 bits per heavy atom. The van der Waals surface area contributed by atoms with E-state index in [4.69, 9.17) is 4.74 Å². The summed E-state index contributed by atoms with van der Waals surface area (Å²) in [7, 11) is -1.90. The van der Waals surface area contributed by atoms with Gasteiger partial charge in [0.05, 0.1) is 12.0 Å². The van der Waals surface area contributed by atoms with Crippen molar-refractivity contribution in [3.8, 4) is 5.75 Å². The highest BCUT2D eigenvalue weighted by Crippen LogP contribution is 2.16. The number of sulfonamides is 1. The first-order valence-corrected chi connectivity index (χ1v) is 9.87. The van der Waals surface area contributed by atoms with Gasteiger partial charge in [0.15, 0.2) is 0 Å². The Balaban J connectivity index is 2.01. The van der Waals surface area contributed by atoms with Gasteiger partial charge in [-0.05, 0) is 42.0 Å². The van der Waals surface area contributed by atoms with Gasteiger partial charge in [-0.3, -0.25) is 4.79 Å². The SMILES string of the molecule is CCN(CC)S(=O)(=O)c1ccc(CNC(=O)c2ccc(OC)cc2)cc1. The third-order valence-corrected chi connectivity index (χ3v) is 6.14. The molecule has 0 fully saturated rings. The van der Waals surface area contributed by atoms with Crippen molar-refractivity contribution in [2.45, 2.75) is 25.3 Å². The number of amides is 1. The van der Waals surface area contributed by atoms with Crippen molar-refractivity contribution in [3.63, 3.8) is 0 Å². The van der Waals surface area contributed by atoms with Gasteiger partial charge in [-0.25, -0.2) is 8.42 Å². The molecule has 1 amide bonds. The van der Waals surface area contributed by atoms with E-state index < -0.39 is 10.0 Å². The molecule has 0 aliphatic rings. The molecule has 0 bridgehead atoms. The number of ether oxygens (including phenoxy) is 1. The van der Waals surface area contributed by atoms with E-state index in [0.717, 1.165) is 5.56 Å². The summed E-state index contributed by atoms with van der Waals surface area (Å²) in [6.45, 7) is 4.79. The van der Waals surface area contributed by atoms with Crippen molar-refractivity contribution in [3.05, 3.63) is 59.7 Å². The van der Waals surface area contributed by atoms with Gasteiger partial charge in [-0.15, -0.1) is 0 Å². The second-order valence-corrected chi connectivity index (χ2v) is 7.58. The lowest BCUT2D eigenvalue weighted by Crippen LogP contribution is -2.30. The molecule has 0 saturated carbocycles. The number of nitrogens with one attached hydrogen (secondary N) is 1. The van der Waals surface area contributed by atoms with Crippen LogP contribution in [0.15, 0.2) is 53.4 Å². The van der Waals surface area contributed by atoms with Crippen LogP contribution in [0.3, 0.4) is 0 Å². The van der Waals surface area contributed by atoms with Crippen LogP contribution in [0.25, 0.3) is 0 Å². The molecule has 140 valence electrons. The first kappa shape index (κ1) is 19.9. The molecule has 0 radical (unpaired) electrons. The maximum atomic E-state index is 12.5. The summed E-state index contributed by atoms with van der Waals surface area (Å²) in [5, 5.41) is 2.82. The van der Waals surface area contributed by atoms with E-state index in [1.54, 1.807) is 55.6 Å². The smallest absolute Gasteiger partial charge is 0.251 e. The van der Waals surface area contributed by atoms with Crippen LogP contribution in [0.1, 0.15) is 29.8 Å². The predicted molar refractivity (Wildman–Crippen MR) is 101 cm³/mol. The Hall–Kier alpha value is -2.38. The van der Waals surface area contributed by atoms with Crippen LogP contribution in [0.5, 0.6) is 5.75 Å². The Kier molecular flexibility index (Phi) is 6.76. The number of methoxy groups -OCH3 is 1. The minimum absolute atomic E-state index is 0.201. The molecule has 0 aromatic heterocycles. The summed E-state index contributed by atoms with van der Waals surface area (Å²) in [4.78, 5) is 12.4. The number of benzene rings is 2. The molecule has 0 saturated heterocycles. The highest BCUT2D eigenvalue weighted by molar-refractivity contribution is 7.89. The van der Waals surface area contributed by atoms with Crippen LogP contribution in [0, 0.1) is 0 Å². The summed E-state index contributed by atoms with van der Waals surface area (Å²) in [5.74, 6) is 0.485. The van der Waals surface area contributed by atoms with Gasteiger partial charge in [0.1, 0.15) is 5.75 Å². The van der Waals surface area contributed by atoms with E-state index >= 15 is 0 Å². The van der Waals surface area contributed by atoms with E-state index in [0.29, 0.717) is 30.9 Å². The van der Waals surface area contributed by atoms with E-state index in [9.17, 15) is 13.2 Å². The zero-order valence-electron chi connectivity index (χ0n) is 15.2. The lowest BCUT2D eigenvalue weighted by Gasteiger charge is -2.18. The monoisotopic (exact) mass is 376 g/mol. The van der Waals surface area contributed by atoms with E-state index in [1.165, 1.54) is 4.31 Å². The topological polar surface area (TPSA) is 75.7 Å².